The molecule has 1 aromatic carbocycles. The maximum absolute atomic E-state index is 11.2. The summed E-state index contributed by atoms with van der Waals surface area (Å²) in [5, 5.41) is 0. The second-order valence-corrected chi connectivity index (χ2v) is 4.16. The number of H-pyrrole nitrogens is 1. The summed E-state index contributed by atoms with van der Waals surface area (Å²) in [6.45, 7) is 1.81. The van der Waals surface area contributed by atoms with Gasteiger partial charge in [-0.1, -0.05) is 30.3 Å². The van der Waals surface area contributed by atoms with E-state index in [1.807, 2.05) is 25.1 Å². The number of hydrogen-bond acceptors (Lipinski definition) is 2. The van der Waals surface area contributed by atoms with Gasteiger partial charge in [-0.05, 0) is 31.7 Å². The van der Waals surface area contributed by atoms with Gasteiger partial charge in [0, 0.05) is 11.8 Å². The highest BCUT2D eigenvalue weighted by Gasteiger charge is 1.99. The summed E-state index contributed by atoms with van der Waals surface area (Å²) in [5.41, 5.74) is 2.14. The highest BCUT2D eigenvalue weighted by molar-refractivity contribution is 5.15. The van der Waals surface area contributed by atoms with Crippen LogP contribution in [0.4, 0.5) is 0 Å². The Kier molecular flexibility index (Phi) is 3.70. The van der Waals surface area contributed by atoms with Crippen molar-refractivity contribution in [3.05, 3.63) is 63.8 Å². The fraction of sp³-hybridized carbons (Fsp3) is 0.286. The Morgan fingerprint density at radius 3 is 2.65 bits per heavy atom. The van der Waals surface area contributed by atoms with Crippen molar-refractivity contribution in [3.63, 3.8) is 0 Å². The predicted molar refractivity (Wildman–Crippen MR) is 68.1 cm³/mol. The Balaban J connectivity index is 1.92. The fourth-order valence-electron chi connectivity index (χ4n) is 1.89. The van der Waals surface area contributed by atoms with E-state index in [0.29, 0.717) is 5.82 Å². The second-order valence-electron chi connectivity index (χ2n) is 4.16. The van der Waals surface area contributed by atoms with E-state index < -0.39 is 0 Å². The highest BCUT2D eigenvalue weighted by atomic mass is 16.1. The first kappa shape index (κ1) is 11.6. The van der Waals surface area contributed by atoms with Gasteiger partial charge in [-0.3, -0.25) is 4.79 Å². The van der Waals surface area contributed by atoms with Crippen molar-refractivity contribution in [1.29, 1.82) is 0 Å². The van der Waals surface area contributed by atoms with Crippen LogP contribution in [0.25, 0.3) is 0 Å². The number of aromatic nitrogens is 2. The molecular weight excluding hydrogens is 212 g/mol. The van der Waals surface area contributed by atoms with Crippen molar-refractivity contribution in [1.82, 2.24) is 9.97 Å². The third kappa shape index (κ3) is 3.55. The molecule has 1 N–H and O–H groups in total. The molecule has 0 bridgehead atoms. The Labute approximate surface area is 101 Å². The third-order valence-electron chi connectivity index (χ3n) is 2.65. The molecule has 1 aromatic heterocycles. The van der Waals surface area contributed by atoms with Crippen LogP contribution < -0.4 is 5.56 Å². The van der Waals surface area contributed by atoms with Gasteiger partial charge < -0.3 is 4.98 Å². The number of aryl methyl sites for hydroxylation is 3. The Morgan fingerprint density at radius 1 is 1.18 bits per heavy atom. The summed E-state index contributed by atoms with van der Waals surface area (Å²) in [5.74, 6) is 0.687. The average molecular weight is 228 g/mol. The zero-order valence-electron chi connectivity index (χ0n) is 9.94. The summed E-state index contributed by atoms with van der Waals surface area (Å²) >= 11 is 0. The van der Waals surface area contributed by atoms with Gasteiger partial charge in [0.2, 0.25) is 0 Å². The SMILES string of the molecule is Cc1nc(CCCc2ccccc2)cc(=O)[nH]1. The van der Waals surface area contributed by atoms with E-state index in [4.69, 9.17) is 0 Å². The van der Waals surface area contributed by atoms with Crippen LogP contribution in [0.1, 0.15) is 23.5 Å². The van der Waals surface area contributed by atoms with Crippen LogP contribution >= 0.6 is 0 Å². The monoisotopic (exact) mass is 228 g/mol. The molecular formula is C14H16N2O. The van der Waals surface area contributed by atoms with Gasteiger partial charge in [-0.15, -0.1) is 0 Å². The van der Waals surface area contributed by atoms with Crippen LogP contribution in [0.3, 0.4) is 0 Å². The maximum atomic E-state index is 11.2. The van der Waals surface area contributed by atoms with Gasteiger partial charge in [0.15, 0.2) is 0 Å². The first-order chi connectivity index (χ1) is 8.24. The van der Waals surface area contributed by atoms with Gasteiger partial charge in [0.1, 0.15) is 5.82 Å². The molecule has 3 heteroatoms. The highest BCUT2D eigenvalue weighted by Crippen LogP contribution is 2.05. The molecule has 0 radical (unpaired) electrons. The normalized spacial score (nSPS) is 10.4. The van der Waals surface area contributed by atoms with Crippen LogP contribution in [0.5, 0.6) is 0 Å². The minimum atomic E-state index is -0.0628. The van der Waals surface area contributed by atoms with Crippen molar-refractivity contribution in [3.8, 4) is 0 Å². The average Bonchev–Trinajstić information content (AvgIpc) is 2.29. The Morgan fingerprint density at radius 2 is 1.94 bits per heavy atom. The molecule has 0 atom stereocenters. The first-order valence-electron chi connectivity index (χ1n) is 5.85. The van der Waals surface area contributed by atoms with Crippen LogP contribution in [0, 0.1) is 6.92 Å². The van der Waals surface area contributed by atoms with E-state index in [9.17, 15) is 4.79 Å². The number of nitrogens with zero attached hydrogens (tertiary/aromatic N) is 1. The van der Waals surface area contributed by atoms with Gasteiger partial charge >= 0.3 is 0 Å². The quantitative estimate of drug-likeness (QED) is 0.872. The standard InChI is InChI=1S/C14H16N2O/c1-11-15-13(10-14(17)16-11)9-5-8-12-6-3-2-4-7-12/h2-4,6-7,10H,5,8-9H2,1H3,(H,15,16,17). The van der Waals surface area contributed by atoms with Crippen molar-refractivity contribution in [2.45, 2.75) is 26.2 Å². The molecule has 0 aliphatic heterocycles. The minimum Gasteiger partial charge on any atom is -0.311 e. The molecule has 0 saturated carbocycles. The van der Waals surface area contributed by atoms with Crippen molar-refractivity contribution in [2.75, 3.05) is 0 Å². The number of rotatable bonds is 4. The Hall–Kier alpha value is -1.90. The molecule has 0 aliphatic rings. The number of benzene rings is 1. The molecule has 0 aliphatic carbocycles. The zero-order chi connectivity index (χ0) is 12.1. The number of hydrogen-bond donors (Lipinski definition) is 1. The first-order valence-corrected chi connectivity index (χ1v) is 5.85. The third-order valence-corrected chi connectivity index (χ3v) is 2.65. The van der Waals surface area contributed by atoms with E-state index in [-0.39, 0.29) is 5.56 Å². The summed E-state index contributed by atoms with van der Waals surface area (Å²) in [7, 11) is 0. The molecule has 0 unspecified atom stereocenters. The summed E-state index contributed by atoms with van der Waals surface area (Å²) < 4.78 is 0. The van der Waals surface area contributed by atoms with Crippen molar-refractivity contribution < 1.29 is 0 Å². The van der Waals surface area contributed by atoms with E-state index in [0.717, 1.165) is 25.0 Å². The fourth-order valence-corrected chi connectivity index (χ4v) is 1.89. The molecule has 2 rings (SSSR count). The second kappa shape index (κ2) is 5.43. The largest absolute Gasteiger partial charge is 0.311 e. The van der Waals surface area contributed by atoms with Gasteiger partial charge in [0.05, 0.1) is 0 Å². The summed E-state index contributed by atoms with van der Waals surface area (Å²) in [4.78, 5) is 18.2. The molecule has 0 amide bonds. The Bertz CT molecular complexity index is 531. The molecule has 0 spiro atoms. The maximum Gasteiger partial charge on any atom is 0.251 e. The van der Waals surface area contributed by atoms with Gasteiger partial charge in [-0.2, -0.15) is 0 Å². The van der Waals surface area contributed by atoms with E-state index in [2.05, 4.69) is 22.1 Å². The lowest BCUT2D eigenvalue weighted by atomic mass is 10.1. The van der Waals surface area contributed by atoms with Crippen LogP contribution in [-0.2, 0) is 12.8 Å². The minimum absolute atomic E-state index is 0.0628. The molecule has 3 nitrogen and oxygen atoms in total. The molecule has 2 aromatic rings. The molecule has 17 heavy (non-hydrogen) atoms. The van der Waals surface area contributed by atoms with Crippen LogP contribution in [-0.4, -0.2) is 9.97 Å². The molecule has 0 saturated heterocycles. The van der Waals surface area contributed by atoms with E-state index >= 15 is 0 Å². The smallest absolute Gasteiger partial charge is 0.251 e. The van der Waals surface area contributed by atoms with Crippen molar-refractivity contribution in [2.24, 2.45) is 0 Å². The number of nitrogens with one attached hydrogen (secondary N) is 1. The van der Waals surface area contributed by atoms with Crippen molar-refractivity contribution >= 4 is 0 Å². The molecule has 0 fully saturated rings. The summed E-state index contributed by atoms with van der Waals surface area (Å²) in [6, 6.07) is 11.9. The predicted octanol–water partition coefficient (Wildman–Crippen LogP) is 2.25. The topological polar surface area (TPSA) is 45.8 Å². The zero-order valence-corrected chi connectivity index (χ0v) is 9.94. The number of aromatic amines is 1. The van der Waals surface area contributed by atoms with Crippen LogP contribution in [0.15, 0.2) is 41.2 Å². The van der Waals surface area contributed by atoms with Gasteiger partial charge in [-0.25, -0.2) is 4.98 Å². The van der Waals surface area contributed by atoms with E-state index in [1.165, 1.54) is 5.56 Å². The lowest BCUT2D eigenvalue weighted by Crippen LogP contribution is -2.10. The lowest BCUT2D eigenvalue weighted by molar-refractivity contribution is 0.784. The van der Waals surface area contributed by atoms with E-state index in [1.54, 1.807) is 6.07 Å². The van der Waals surface area contributed by atoms with Crippen LogP contribution in [0.2, 0.25) is 0 Å². The molecule has 88 valence electrons. The lowest BCUT2D eigenvalue weighted by Gasteiger charge is -2.02. The van der Waals surface area contributed by atoms with Gasteiger partial charge in [0.25, 0.3) is 5.56 Å². The molecule has 1 heterocycles. The summed E-state index contributed by atoms with van der Waals surface area (Å²) in [6.07, 6.45) is 2.88.